The summed E-state index contributed by atoms with van der Waals surface area (Å²) in [5, 5.41) is 5.15. The molecule has 3 heterocycles. The average molecular weight is 441 g/mol. The molecule has 3 aromatic rings. The number of aldehydes is 1. The highest BCUT2D eigenvalue weighted by molar-refractivity contribution is 6.31. The molecule has 8 nitrogen and oxygen atoms in total. The molecule has 1 aliphatic heterocycles. The highest BCUT2D eigenvalue weighted by Gasteiger charge is 2.27. The van der Waals surface area contributed by atoms with Crippen LogP contribution < -0.4 is 9.64 Å². The van der Waals surface area contributed by atoms with Crippen LogP contribution in [0.3, 0.4) is 0 Å². The van der Waals surface area contributed by atoms with E-state index < -0.39 is 6.17 Å². The first kappa shape index (κ1) is 21.3. The fourth-order valence-corrected chi connectivity index (χ4v) is 4.19. The lowest BCUT2D eigenvalue weighted by Gasteiger charge is -2.39. The number of benzene rings is 1. The summed E-state index contributed by atoms with van der Waals surface area (Å²) in [6.07, 6.45) is 4.05. The van der Waals surface area contributed by atoms with Crippen molar-refractivity contribution in [1.82, 2.24) is 24.6 Å². The Morgan fingerprint density at radius 2 is 1.81 bits per heavy atom. The predicted octanol–water partition coefficient (Wildman–Crippen LogP) is 3.14. The highest BCUT2D eigenvalue weighted by atomic mass is 35.5. The molecule has 1 aromatic carbocycles. The van der Waals surface area contributed by atoms with E-state index >= 15 is 0 Å². The normalized spacial score (nSPS) is 15.7. The topological polar surface area (TPSA) is 76.4 Å². The van der Waals surface area contributed by atoms with Crippen molar-refractivity contribution in [3.63, 3.8) is 0 Å². The fraction of sp³-hybridized carbons (Fsp3) is 0.364. The standard InChI is InChI=1S/C22H25ClN6O2/c1-15-10-16(2)29(26-15)21(14-30)28-8-6-27(7-9-28)20-5-4-18(23)11-19(20)17-12-24-22(31-3)25-13-17/h4-5,10-14,21H,6-9H2,1-3H3. The van der Waals surface area contributed by atoms with Gasteiger partial charge < -0.3 is 9.64 Å². The Balaban J connectivity index is 1.55. The van der Waals surface area contributed by atoms with Gasteiger partial charge in [-0.1, -0.05) is 11.6 Å². The van der Waals surface area contributed by atoms with E-state index in [1.165, 1.54) is 7.11 Å². The number of carbonyl (C=O) groups excluding carboxylic acids is 1. The van der Waals surface area contributed by atoms with Crippen LogP contribution in [0.25, 0.3) is 11.1 Å². The van der Waals surface area contributed by atoms with Gasteiger partial charge in [0.05, 0.1) is 12.8 Å². The average Bonchev–Trinajstić information content (AvgIpc) is 3.12. The maximum atomic E-state index is 11.9. The van der Waals surface area contributed by atoms with E-state index in [2.05, 4.69) is 24.9 Å². The molecule has 1 unspecified atom stereocenters. The van der Waals surface area contributed by atoms with Crippen LogP contribution in [-0.4, -0.2) is 64.2 Å². The maximum Gasteiger partial charge on any atom is 0.316 e. The number of nitrogens with zero attached hydrogens (tertiary/aromatic N) is 6. The number of rotatable bonds is 6. The number of anilines is 1. The number of hydrogen-bond acceptors (Lipinski definition) is 7. The van der Waals surface area contributed by atoms with E-state index in [1.54, 1.807) is 17.1 Å². The molecule has 162 valence electrons. The van der Waals surface area contributed by atoms with Crippen LogP contribution in [0.5, 0.6) is 6.01 Å². The largest absolute Gasteiger partial charge is 0.467 e. The molecule has 1 saturated heterocycles. The van der Waals surface area contributed by atoms with E-state index in [4.69, 9.17) is 16.3 Å². The molecular weight excluding hydrogens is 416 g/mol. The minimum absolute atomic E-state index is 0.324. The number of aryl methyl sites for hydroxylation is 2. The Kier molecular flexibility index (Phi) is 6.20. The summed E-state index contributed by atoms with van der Waals surface area (Å²) in [6.45, 7) is 6.94. The predicted molar refractivity (Wildman–Crippen MR) is 120 cm³/mol. The Hall–Kier alpha value is -2.97. The molecule has 0 N–H and O–H groups in total. The van der Waals surface area contributed by atoms with E-state index in [9.17, 15) is 4.79 Å². The summed E-state index contributed by atoms with van der Waals surface area (Å²) in [6, 6.07) is 8.16. The minimum Gasteiger partial charge on any atom is -0.467 e. The molecule has 0 spiro atoms. The lowest BCUT2D eigenvalue weighted by Crippen LogP contribution is -2.49. The third kappa shape index (κ3) is 4.40. The molecule has 0 radical (unpaired) electrons. The molecule has 1 aliphatic rings. The highest BCUT2D eigenvalue weighted by Crippen LogP contribution is 2.34. The van der Waals surface area contributed by atoms with E-state index in [-0.39, 0.29) is 0 Å². The number of piperazine rings is 1. The van der Waals surface area contributed by atoms with Crippen LogP contribution >= 0.6 is 11.6 Å². The van der Waals surface area contributed by atoms with E-state index in [1.807, 2.05) is 38.1 Å². The Morgan fingerprint density at radius 1 is 1.10 bits per heavy atom. The van der Waals surface area contributed by atoms with Gasteiger partial charge in [-0.15, -0.1) is 0 Å². The quantitative estimate of drug-likeness (QED) is 0.545. The minimum atomic E-state index is -0.393. The summed E-state index contributed by atoms with van der Waals surface area (Å²) < 4.78 is 6.87. The number of hydrogen-bond donors (Lipinski definition) is 0. The Morgan fingerprint density at radius 3 is 2.39 bits per heavy atom. The molecule has 0 bridgehead atoms. The Bertz CT molecular complexity index is 1060. The second kappa shape index (κ2) is 9.03. The van der Waals surface area contributed by atoms with Crippen molar-refractivity contribution in [2.24, 2.45) is 0 Å². The summed E-state index contributed by atoms with van der Waals surface area (Å²) in [5.74, 6) is 0. The van der Waals surface area contributed by atoms with Gasteiger partial charge in [0, 0.05) is 66.1 Å². The van der Waals surface area contributed by atoms with Crippen molar-refractivity contribution in [3.8, 4) is 17.1 Å². The zero-order chi connectivity index (χ0) is 22.0. The van der Waals surface area contributed by atoms with E-state index in [0.29, 0.717) is 11.0 Å². The zero-order valence-electron chi connectivity index (χ0n) is 17.8. The second-order valence-electron chi connectivity index (χ2n) is 7.56. The molecule has 31 heavy (non-hydrogen) atoms. The molecule has 1 atom stereocenters. The number of ether oxygens (including phenoxy) is 1. The lowest BCUT2D eigenvalue weighted by atomic mass is 10.1. The summed E-state index contributed by atoms with van der Waals surface area (Å²) >= 11 is 6.29. The number of halogens is 1. The van der Waals surface area contributed by atoms with Crippen molar-refractivity contribution in [3.05, 3.63) is 53.1 Å². The molecular formula is C22H25ClN6O2. The fourth-order valence-electron chi connectivity index (χ4n) is 4.02. The molecule has 4 rings (SSSR count). The lowest BCUT2D eigenvalue weighted by molar-refractivity contribution is -0.116. The van der Waals surface area contributed by atoms with Crippen molar-refractivity contribution in [1.29, 1.82) is 0 Å². The first-order valence-corrected chi connectivity index (χ1v) is 10.5. The summed E-state index contributed by atoms with van der Waals surface area (Å²) in [5.41, 5.74) is 4.79. The van der Waals surface area contributed by atoms with Gasteiger partial charge in [0.1, 0.15) is 0 Å². The third-order valence-electron chi connectivity index (χ3n) is 5.53. The molecule has 0 aliphatic carbocycles. The van der Waals surface area contributed by atoms with Crippen LogP contribution in [0.1, 0.15) is 17.6 Å². The van der Waals surface area contributed by atoms with Gasteiger partial charge in [-0.3, -0.25) is 9.69 Å². The molecule has 9 heteroatoms. The van der Waals surface area contributed by atoms with Crippen LogP contribution in [0, 0.1) is 13.8 Å². The van der Waals surface area contributed by atoms with Crippen LogP contribution in [0.15, 0.2) is 36.7 Å². The number of carbonyl (C=O) groups is 1. The number of aromatic nitrogens is 4. The number of methoxy groups -OCH3 is 1. The summed E-state index contributed by atoms with van der Waals surface area (Å²) in [4.78, 5) is 24.8. The summed E-state index contributed by atoms with van der Waals surface area (Å²) in [7, 11) is 1.54. The first-order valence-electron chi connectivity index (χ1n) is 10.1. The van der Waals surface area contributed by atoms with Crippen LogP contribution in [0.4, 0.5) is 5.69 Å². The van der Waals surface area contributed by atoms with Gasteiger partial charge in [0.25, 0.3) is 0 Å². The van der Waals surface area contributed by atoms with Gasteiger partial charge in [-0.2, -0.15) is 5.10 Å². The van der Waals surface area contributed by atoms with Crippen molar-refractivity contribution in [2.75, 3.05) is 38.2 Å². The third-order valence-corrected chi connectivity index (χ3v) is 5.76. The van der Waals surface area contributed by atoms with Crippen LogP contribution in [-0.2, 0) is 4.79 Å². The van der Waals surface area contributed by atoms with Gasteiger partial charge in [-0.25, -0.2) is 14.6 Å². The van der Waals surface area contributed by atoms with Crippen molar-refractivity contribution >= 4 is 23.6 Å². The first-order chi connectivity index (χ1) is 15.0. The van der Waals surface area contributed by atoms with Crippen LogP contribution in [0.2, 0.25) is 5.02 Å². The van der Waals surface area contributed by atoms with Gasteiger partial charge >= 0.3 is 6.01 Å². The maximum absolute atomic E-state index is 11.9. The van der Waals surface area contributed by atoms with E-state index in [0.717, 1.165) is 60.7 Å². The molecule has 0 saturated carbocycles. The monoisotopic (exact) mass is 440 g/mol. The smallest absolute Gasteiger partial charge is 0.316 e. The van der Waals surface area contributed by atoms with Crippen molar-refractivity contribution in [2.45, 2.75) is 20.0 Å². The van der Waals surface area contributed by atoms with Gasteiger partial charge in [0.2, 0.25) is 0 Å². The Labute approximate surface area is 186 Å². The van der Waals surface area contributed by atoms with Gasteiger partial charge in [0.15, 0.2) is 12.5 Å². The van der Waals surface area contributed by atoms with Gasteiger partial charge in [-0.05, 0) is 38.1 Å². The zero-order valence-corrected chi connectivity index (χ0v) is 18.6. The van der Waals surface area contributed by atoms with Crippen molar-refractivity contribution < 1.29 is 9.53 Å². The molecule has 1 fully saturated rings. The molecule has 2 aromatic heterocycles. The molecule has 0 amide bonds. The SMILES string of the molecule is COc1ncc(-c2cc(Cl)ccc2N2CCN(C(C=O)n3nc(C)cc3C)CC2)cn1. The second-order valence-corrected chi connectivity index (χ2v) is 8.00.